The SMILES string of the molecule is Cc1ccc([C@H](NCc2cc(C)n(C)n2)c2ccccc2)cc1. The van der Waals surface area contributed by atoms with Crippen LogP contribution in [0.4, 0.5) is 0 Å². The third-order valence-corrected chi connectivity index (χ3v) is 4.20. The number of hydrogen-bond donors (Lipinski definition) is 1. The number of hydrogen-bond acceptors (Lipinski definition) is 2. The summed E-state index contributed by atoms with van der Waals surface area (Å²) >= 11 is 0. The largest absolute Gasteiger partial charge is 0.300 e. The normalized spacial score (nSPS) is 12.3. The molecule has 0 aliphatic carbocycles. The third kappa shape index (κ3) is 3.69. The van der Waals surface area contributed by atoms with Gasteiger partial charge in [-0.05, 0) is 31.0 Å². The van der Waals surface area contributed by atoms with E-state index in [1.165, 1.54) is 22.4 Å². The van der Waals surface area contributed by atoms with Crippen molar-refractivity contribution in [1.29, 1.82) is 0 Å². The summed E-state index contributed by atoms with van der Waals surface area (Å²) in [6.07, 6.45) is 0. The molecule has 3 nitrogen and oxygen atoms in total. The summed E-state index contributed by atoms with van der Waals surface area (Å²) in [6, 6.07) is 21.6. The number of nitrogens with zero attached hydrogens (tertiary/aromatic N) is 2. The molecule has 3 rings (SSSR count). The average Bonchev–Trinajstić information content (AvgIpc) is 2.88. The third-order valence-electron chi connectivity index (χ3n) is 4.20. The molecule has 0 amide bonds. The Hall–Kier alpha value is -2.39. The van der Waals surface area contributed by atoms with Crippen molar-refractivity contribution >= 4 is 0 Å². The molecular weight excluding hydrogens is 282 g/mol. The van der Waals surface area contributed by atoms with Gasteiger partial charge in [0.15, 0.2) is 0 Å². The quantitative estimate of drug-likeness (QED) is 0.774. The maximum Gasteiger partial charge on any atom is 0.0765 e. The van der Waals surface area contributed by atoms with E-state index in [1.807, 2.05) is 11.7 Å². The first-order valence-electron chi connectivity index (χ1n) is 7.98. The smallest absolute Gasteiger partial charge is 0.0765 e. The molecule has 1 heterocycles. The zero-order valence-corrected chi connectivity index (χ0v) is 14.0. The lowest BCUT2D eigenvalue weighted by molar-refractivity contribution is 0.588. The second-order valence-corrected chi connectivity index (χ2v) is 6.04. The minimum atomic E-state index is 0.166. The van der Waals surface area contributed by atoms with Crippen LogP contribution in [0.15, 0.2) is 60.7 Å². The number of rotatable bonds is 5. The summed E-state index contributed by atoms with van der Waals surface area (Å²) in [6.45, 7) is 4.94. The zero-order valence-electron chi connectivity index (χ0n) is 14.0. The lowest BCUT2D eigenvalue weighted by Gasteiger charge is -2.19. The molecule has 0 aliphatic heterocycles. The predicted molar refractivity (Wildman–Crippen MR) is 94.2 cm³/mol. The second kappa shape index (κ2) is 6.80. The first kappa shape index (κ1) is 15.5. The van der Waals surface area contributed by atoms with Gasteiger partial charge in [-0.1, -0.05) is 60.2 Å². The molecule has 23 heavy (non-hydrogen) atoms. The Morgan fingerprint density at radius 2 is 1.61 bits per heavy atom. The van der Waals surface area contributed by atoms with Crippen LogP contribution in [0.1, 0.15) is 34.1 Å². The molecule has 0 spiro atoms. The molecule has 1 atom stereocenters. The highest BCUT2D eigenvalue weighted by Crippen LogP contribution is 2.23. The van der Waals surface area contributed by atoms with Crippen molar-refractivity contribution in [2.75, 3.05) is 0 Å². The fourth-order valence-electron chi connectivity index (χ4n) is 2.76. The van der Waals surface area contributed by atoms with Gasteiger partial charge in [-0.25, -0.2) is 0 Å². The van der Waals surface area contributed by atoms with E-state index in [1.54, 1.807) is 0 Å². The van der Waals surface area contributed by atoms with Gasteiger partial charge in [0.1, 0.15) is 0 Å². The molecule has 0 fully saturated rings. The van der Waals surface area contributed by atoms with E-state index in [-0.39, 0.29) is 6.04 Å². The Bertz CT molecular complexity index is 738. The monoisotopic (exact) mass is 305 g/mol. The first-order valence-corrected chi connectivity index (χ1v) is 7.98. The van der Waals surface area contributed by atoms with Crippen LogP contribution in [0, 0.1) is 13.8 Å². The molecule has 3 heteroatoms. The van der Waals surface area contributed by atoms with Crippen molar-refractivity contribution in [3.05, 3.63) is 88.7 Å². The van der Waals surface area contributed by atoms with Crippen LogP contribution in [0.25, 0.3) is 0 Å². The van der Waals surface area contributed by atoms with Crippen LogP contribution in [0.2, 0.25) is 0 Å². The summed E-state index contributed by atoms with van der Waals surface area (Å²) in [5.41, 5.74) is 6.06. The summed E-state index contributed by atoms with van der Waals surface area (Å²) in [5.74, 6) is 0. The van der Waals surface area contributed by atoms with Crippen LogP contribution < -0.4 is 5.32 Å². The fourth-order valence-corrected chi connectivity index (χ4v) is 2.76. The van der Waals surface area contributed by atoms with Crippen LogP contribution in [0.3, 0.4) is 0 Å². The topological polar surface area (TPSA) is 29.9 Å². The van der Waals surface area contributed by atoms with Crippen LogP contribution in [0.5, 0.6) is 0 Å². The van der Waals surface area contributed by atoms with Crippen molar-refractivity contribution in [1.82, 2.24) is 15.1 Å². The van der Waals surface area contributed by atoms with Crippen molar-refractivity contribution in [3.8, 4) is 0 Å². The Morgan fingerprint density at radius 3 is 2.22 bits per heavy atom. The molecule has 2 aromatic carbocycles. The van der Waals surface area contributed by atoms with E-state index in [0.717, 1.165) is 12.2 Å². The van der Waals surface area contributed by atoms with Gasteiger partial charge in [0.25, 0.3) is 0 Å². The molecule has 0 bridgehead atoms. The van der Waals surface area contributed by atoms with Crippen LogP contribution in [-0.4, -0.2) is 9.78 Å². The molecule has 0 unspecified atom stereocenters. The Morgan fingerprint density at radius 1 is 0.957 bits per heavy atom. The van der Waals surface area contributed by atoms with E-state index in [4.69, 9.17) is 0 Å². The van der Waals surface area contributed by atoms with Gasteiger partial charge in [0.05, 0.1) is 11.7 Å². The highest BCUT2D eigenvalue weighted by molar-refractivity contribution is 5.33. The summed E-state index contributed by atoms with van der Waals surface area (Å²) in [4.78, 5) is 0. The van der Waals surface area contributed by atoms with Gasteiger partial charge in [-0.3, -0.25) is 4.68 Å². The van der Waals surface area contributed by atoms with Gasteiger partial charge < -0.3 is 5.32 Å². The summed E-state index contributed by atoms with van der Waals surface area (Å²) in [5, 5.41) is 8.19. The molecule has 3 aromatic rings. The molecule has 0 radical (unpaired) electrons. The molecule has 1 aromatic heterocycles. The van der Waals surface area contributed by atoms with E-state index < -0.39 is 0 Å². The zero-order chi connectivity index (χ0) is 16.2. The van der Waals surface area contributed by atoms with Crippen LogP contribution >= 0.6 is 0 Å². The Labute approximate surface area is 138 Å². The summed E-state index contributed by atoms with van der Waals surface area (Å²) < 4.78 is 1.92. The first-order chi connectivity index (χ1) is 11.1. The highest BCUT2D eigenvalue weighted by Gasteiger charge is 2.14. The second-order valence-electron chi connectivity index (χ2n) is 6.04. The number of nitrogens with one attached hydrogen (secondary N) is 1. The molecule has 118 valence electrons. The minimum Gasteiger partial charge on any atom is -0.300 e. The molecular formula is C20H23N3. The molecule has 0 saturated heterocycles. The van der Waals surface area contributed by atoms with Crippen LogP contribution in [-0.2, 0) is 13.6 Å². The van der Waals surface area contributed by atoms with E-state index in [9.17, 15) is 0 Å². The Kier molecular flexibility index (Phi) is 4.58. The molecule has 1 N–H and O–H groups in total. The van der Waals surface area contributed by atoms with E-state index >= 15 is 0 Å². The van der Waals surface area contributed by atoms with Crippen molar-refractivity contribution in [2.45, 2.75) is 26.4 Å². The standard InChI is InChI=1S/C20H23N3/c1-15-9-11-18(12-10-15)20(17-7-5-4-6-8-17)21-14-19-13-16(2)23(3)22-19/h4-13,20-21H,14H2,1-3H3/t20-/m1/s1. The Balaban J connectivity index is 1.84. The van der Waals surface area contributed by atoms with Crippen molar-refractivity contribution in [2.24, 2.45) is 7.05 Å². The van der Waals surface area contributed by atoms with Gasteiger partial charge in [0, 0.05) is 19.3 Å². The van der Waals surface area contributed by atoms with Crippen molar-refractivity contribution in [3.63, 3.8) is 0 Å². The molecule has 0 saturated carbocycles. The van der Waals surface area contributed by atoms with Crippen molar-refractivity contribution < 1.29 is 0 Å². The fraction of sp³-hybridized carbons (Fsp3) is 0.250. The number of benzene rings is 2. The lowest BCUT2D eigenvalue weighted by Crippen LogP contribution is -2.22. The summed E-state index contributed by atoms with van der Waals surface area (Å²) in [7, 11) is 1.98. The maximum atomic E-state index is 4.54. The van der Waals surface area contributed by atoms with Gasteiger partial charge in [-0.2, -0.15) is 5.10 Å². The van der Waals surface area contributed by atoms with E-state index in [2.05, 4.69) is 84.9 Å². The highest BCUT2D eigenvalue weighted by atomic mass is 15.3. The van der Waals surface area contributed by atoms with Gasteiger partial charge >= 0.3 is 0 Å². The lowest BCUT2D eigenvalue weighted by atomic mass is 9.98. The van der Waals surface area contributed by atoms with Gasteiger partial charge in [0.2, 0.25) is 0 Å². The predicted octanol–water partition coefficient (Wildman–Crippen LogP) is 3.92. The van der Waals surface area contributed by atoms with E-state index in [0.29, 0.717) is 0 Å². The number of aryl methyl sites for hydroxylation is 3. The molecule has 0 aliphatic rings. The maximum absolute atomic E-state index is 4.54. The minimum absolute atomic E-state index is 0.166. The van der Waals surface area contributed by atoms with Gasteiger partial charge in [-0.15, -0.1) is 0 Å². The average molecular weight is 305 g/mol. The number of aromatic nitrogens is 2.